The molecule has 1 aliphatic rings. The van der Waals surface area contributed by atoms with Gasteiger partial charge in [0.2, 0.25) is 0 Å². The van der Waals surface area contributed by atoms with Gasteiger partial charge in [-0.25, -0.2) is 0 Å². The van der Waals surface area contributed by atoms with Crippen LogP contribution in [0.5, 0.6) is 0 Å². The Morgan fingerprint density at radius 3 is 2.81 bits per heavy atom. The second kappa shape index (κ2) is 5.48. The van der Waals surface area contributed by atoms with E-state index in [1.165, 1.54) is 0 Å². The Morgan fingerprint density at radius 2 is 2.05 bits per heavy atom. The molecule has 1 atom stereocenters. The number of rotatable bonds is 5. The minimum atomic E-state index is -0.00865. The third-order valence-electron chi connectivity index (χ3n) is 3.83. The van der Waals surface area contributed by atoms with Gasteiger partial charge in [-0.15, -0.1) is 0 Å². The molecule has 1 aliphatic carbocycles. The van der Waals surface area contributed by atoms with Crippen LogP contribution in [0.2, 0.25) is 0 Å². The molecule has 0 radical (unpaired) electrons. The number of benzene rings is 1. The van der Waals surface area contributed by atoms with Gasteiger partial charge < -0.3 is 0 Å². The van der Waals surface area contributed by atoms with Crippen LogP contribution in [0.4, 0.5) is 0 Å². The standard InChI is InChI=1S/C17H16N2O2/c1-11-3-2-4-14(11)17(21)8-7-16(20)12-5-6-15-13(9-12)10-18-19-15/h2-6,9-11H,7-8H2,1H3,(H,18,19). The zero-order valence-corrected chi connectivity index (χ0v) is 11.8. The van der Waals surface area contributed by atoms with Crippen molar-refractivity contribution in [2.75, 3.05) is 0 Å². The van der Waals surface area contributed by atoms with Crippen molar-refractivity contribution in [2.45, 2.75) is 19.8 Å². The van der Waals surface area contributed by atoms with Crippen LogP contribution >= 0.6 is 0 Å². The molecule has 1 heterocycles. The first kappa shape index (κ1) is 13.5. The monoisotopic (exact) mass is 280 g/mol. The molecule has 3 rings (SSSR count). The molecule has 0 spiro atoms. The predicted molar refractivity (Wildman–Crippen MR) is 81.1 cm³/mol. The Bertz CT molecular complexity index is 768. The predicted octanol–water partition coefficient (Wildman–Crippen LogP) is 3.23. The number of H-pyrrole nitrogens is 1. The Hall–Kier alpha value is -2.49. The van der Waals surface area contributed by atoms with Crippen LogP contribution in [0, 0.1) is 5.92 Å². The first-order chi connectivity index (χ1) is 10.1. The van der Waals surface area contributed by atoms with Crippen molar-refractivity contribution in [1.82, 2.24) is 10.2 Å². The van der Waals surface area contributed by atoms with E-state index in [0.717, 1.165) is 16.5 Å². The summed E-state index contributed by atoms with van der Waals surface area (Å²) in [4.78, 5) is 24.3. The van der Waals surface area contributed by atoms with Gasteiger partial charge in [-0.3, -0.25) is 14.7 Å². The highest BCUT2D eigenvalue weighted by molar-refractivity contribution is 6.03. The molecule has 1 unspecified atom stereocenters. The van der Waals surface area contributed by atoms with E-state index in [2.05, 4.69) is 10.2 Å². The number of ketones is 2. The molecule has 2 aromatic rings. The summed E-state index contributed by atoms with van der Waals surface area (Å²) in [6.07, 6.45) is 7.92. The number of hydrogen-bond donors (Lipinski definition) is 1. The number of allylic oxidation sites excluding steroid dienone is 4. The summed E-state index contributed by atoms with van der Waals surface area (Å²) < 4.78 is 0. The molecule has 1 N–H and O–H groups in total. The molecule has 0 saturated heterocycles. The van der Waals surface area contributed by atoms with Gasteiger partial charge >= 0.3 is 0 Å². The van der Waals surface area contributed by atoms with Gasteiger partial charge in [0.15, 0.2) is 11.6 Å². The summed E-state index contributed by atoms with van der Waals surface area (Å²) in [5.41, 5.74) is 2.33. The van der Waals surface area contributed by atoms with E-state index in [-0.39, 0.29) is 30.3 Å². The van der Waals surface area contributed by atoms with E-state index in [1.54, 1.807) is 12.3 Å². The number of Topliss-reactive ketones (excluding diaryl/α,β-unsaturated/α-hetero) is 2. The fourth-order valence-corrected chi connectivity index (χ4v) is 2.56. The highest BCUT2D eigenvalue weighted by atomic mass is 16.1. The van der Waals surface area contributed by atoms with Crippen molar-refractivity contribution < 1.29 is 9.59 Å². The Labute approximate surface area is 122 Å². The highest BCUT2D eigenvalue weighted by Gasteiger charge is 2.18. The number of hydrogen-bond acceptors (Lipinski definition) is 3. The summed E-state index contributed by atoms with van der Waals surface area (Å²) >= 11 is 0. The number of carbonyl (C=O) groups is 2. The summed E-state index contributed by atoms with van der Waals surface area (Å²) in [7, 11) is 0. The molecule has 4 heteroatoms. The maximum atomic E-state index is 12.2. The second-order valence-corrected chi connectivity index (χ2v) is 5.31. The lowest BCUT2D eigenvalue weighted by Gasteiger charge is -2.07. The number of carbonyl (C=O) groups excluding carboxylic acids is 2. The molecule has 0 saturated carbocycles. The second-order valence-electron chi connectivity index (χ2n) is 5.31. The van der Waals surface area contributed by atoms with Crippen molar-refractivity contribution in [3.8, 4) is 0 Å². The topological polar surface area (TPSA) is 62.8 Å². The Morgan fingerprint density at radius 1 is 1.24 bits per heavy atom. The van der Waals surface area contributed by atoms with Crippen LogP contribution in [-0.4, -0.2) is 21.8 Å². The number of fused-ring (bicyclic) bond motifs is 1. The molecule has 0 fully saturated rings. The SMILES string of the molecule is CC1C=CC=C1C(=O)CCC(=O)c1ccc2[nH]ncc2c1. The first-order valence-corrected chi connectivity index (χ1v) is 7.03. The van der Waals surface area contributed by atoms with Gasteiger partial charge in [0, 0.05) is 35.3 Å². The normalized spacial score (nSPS) is 17.2. The zero-order chi connectivity index (χ0) is 14.8. The summed E-state index contributed by atoms with van der Waals surface area (Å²) in [6, 6.07) is 5.42. The van der Waals surface area contributed by atoms with Crippen LogP contribution < -0.4 is 0 Å². The van der Waals surface area contributed by atoms with Crippen LogP contribution in [0.25, 0.3) is 10.9 Å². The van der Waals surface area contributed by atoms with Gasteiger partial charge in [-0.2, -0.15) is 5.10 Å². The van der Waals surface area contributed by atoms with E-state index in [1.807, 2.05) is 37.3 Å². The third-order valence-corrected chi connectivity index (χ3v) is 3.83. The van der Waals surface area contributed by atoms with Gasteiger partial charge in [0.25, 0.3) is 0 Å². The lowest BCUT2D eigenvalue weighted by Crippen LogP contribution is -2.10. The van der Waals surface area contributed by atoms with E-state index in [0.29, 0.717) is 5.56 Å². The molecule has 106 valence electrons. The fraction of sp³-hybridized carbons (Fsp3) is 0.235. The molecule has 0 aliphatic heterocycles. The summed E-state index contributed by atoms with van der Waals surface area (Å²) in [6.45, 7) is 1.99. The minimum absolute atomic E-state index is 0.00865. The quantitative estimate of drug-likeness (QED) is 0.855. The van der Waals surface area contributed by atoms with E-state index < -0.39 is 0 Å². The van der Waals surface area contributed by atoms with Crippen molar-refractivity contribution in [3.63, 3.8) is 0 Å². The number of aromatic amines is 1. The average Bonchev–Trinajstić information content (AvgIpc) is 3.11. The van der Waals surface area contributed by atoms with Crippen molar-refractivity contribution in [2.24, 2.45) is 5.92 Å². The number of aromatic nitrogens is 2. The highest BCUT2D eigenvalue weighted by Crippen LogP contribution is 2.22. The van der Waals surface area contributed by atoms with Crippen LogP contribution in [-0.2, 0) is 4.79 Å². The largest absolute Gasteiger partial charge is 0.295 e. The van der Waals surface area contributed by atoms with Crippen molar-refractivity contribution in [3.05, 3.63) is 53.8 Å². The van der Waals surface area contributed by atoms with Gasteiger partial charge in [0.05, 0.1) is 11.7 Å². The summed E-state index contributed by atoms with van der Waals surface area (Å²) in [5.74, 6) is 0.214. The molecule has 0 amide bonds. The third kappa shape index (κ3) is 2.70. The lowest BCUT2D eigenvalue weighted by atomic mass is 9.96. The molecule has 21 heavy (non-hydrogen) atoms. The van der Waals surface area contributed by atoms with Gasteiger partial charge in [0.1, 0.15) is 0 Å². The first-order valence-electron chi connectivity index (χ1n) is 7.03. The molecule has 1 aromatic carbocycles. The zero-order valence-electron chi connectivity index (χ0n) is 11.8. The molecule has 1 aromatic heterocycles. The van der Waals surface area contributed by atoms with Crippen LogP contribution in [0.3, 0.4) is 0 Å². The summed E-state index contributed by atoms with van der Waals surface area (Å²) in [5, 5.41) is 7.69. The maximum absolute atomic E-state index is 12.2. The fourth-order valence-electron chi connectivity index (χ4n) is 2.56. The van der Waals surface area contributed by atoms with Crippen molar-refractivity contribution >= 4 is 22.5 Å². The molecular weight excluding hydrogens is 264 g/mol. The van der Waals surface area contributed by atoms with Crippen molar-refractivity contribution in [1.29, 1.82) is 0 Å². The Kier molecular flexibility index (Phi) is 3.52. The molecule has 0 bridgehead atoms. The van der Waals surface area contributed by atoms with Crippen LogP contribution in [0.1, 0.15) is 30.1 Å². The van der Waals surface area contributed by atoms with E-state index in [4.69, 9.17) is 0 Å². The van der Waals surface area contributed by atoms with E-state index >= 15 is 0 Å². The van der Waals surface area contributed by atoms with E-state index in [9.17, 15) is 9.59 Å². The maximum Gasteiger partial charge on any atom is 0.163 e. The van der Waals surface area contributed by atoms with Gasteiger partial charge in [-0.1, -0.05) is 25.2 Å². The van der Waals surface area contributed by atoms with Gasteiger partial charge in [-0.05, 0) is 18.2 Å². The number of nitrogens with zero attached hydrogens (tertiary/aromatic N) is 1. The van der Waals surface area contributed by atoms with Crippen LogP contribution in [0.15, 0.2) is 48.2 Å². The molecule has 4 nitrogen and oxygen atoms in total. The average molecular weight is 280 g/mol. The minimum Gasteiger partial charge on any atom is -0.295 e. The smallest absolute Gasteiger partial charge is 0.163 e. The lowest BCUT2D eigenvalue weighted by molar-refractivity contribution is -0.115. The Balaban J connectivity index is 1.65. The molecular formula is C17H16N2O2. The number of nitrogens with one attached hydrogen (secondary N) is 1.